The summed E-state index contributed by atoms with van der Waals surface area (Å²) >= 11 is 0. The number of aliphatic carboxylic acids is 1. The first-order chi connectivity index (χ1) is 12.7. The zero-order chi connectivity index (χ0) is 18.4. The van der Waals surface area contributed by atoms with Gasteiger partial charge in [-0.25, -0.2) is 0 Å². The van der Waals surface area contributed by atoms with Crippen molar-refractivity contribution in [2.45, 2.75) is 26.0 Å². The van der Waals surface area contributed by atoms with Crippen molar-refractivity contribution < 1.29 is 19.4 Å². The lowest BCUT2D eigenvalue weighted by atomic mass is 9.98. The Labute approximate surface area is 154 Å². The fourth-order valence-electron chi connectivity index (χ4n) is 3.33. The van der Waals surface area contributed by atoms with Gasteiger partial charge in [0.2, 0.25) is 0 Å². The summed E-state index contributed by atoms with van der Waals surface area (Å²) in [6, 6.07) is 15.9. The van der Waals surface area contributed by atoms with E-state index in [-0.39, 0.29) is 5.92 Å². The van der Waals surface area contributed by atoms with Gasteiger partial charge in [-0.3, -0.25) is 9.69 Å². The number of piperidine rings is 1. The second-order valence-corrected chi connectivity index (χ2v) is 6.67. The van der Waals surface area contributed by atoms with Gasteiger partial charge in [-0.05, 0) is 42.6 Å². The molecule has 2 aromatic carbocycles. The maximum Gasteiger partial charge on any atom is 0.307 e. The molecule has 138 valence electrons. The third kappa shape index (κ3) is 4.76. The van der Waals surface area contributed by atoms with E-state index >= 15 is 0 Å². The standard InChI is InChI=1S/C21H25NO4/c1-25-19-10-9-17(13-22-11-5-8-18(14-22)21(23)24)12-20(19)26-15-16-6-3-2-4-7-16/h2-4,6-7,9-10,12,18H,5,8,11,13-15H2,1H3,(H,23,24). The Hall–Kier alpha value is -2.53. The van der Waals surface area contributed by atoms with Crippen molar-refractivity contribution in [2.75, 3.05) is 20.2 Å². The van der Waals surface area contributed by atoms with E-state index < -0.39 is 5.97 Å². The van der Waals surface area contributed by atoms with Crippen molar-refractivity contribution in [1.82, 2.24) is 4.90 Å². The quantitative estimate of drug-likeness (QED) is 0.823. The third-order valence-corrected chi connectivity index (χ3v) is 4.73. The van der Waals surface area contributed by atoms with Crippen molar-refractivity contribution in [3.63, 3.8) is 0 Å². The molecule has 0 radical (unpaired) electrons. The summed E-state index contributed by atoms with van der Waals surface area (Å²) in [6.45, 7) is 2.72. The molecule has 1 aliphatic rings. The summed E-state index contributed by atoms with van der Waals surface area (Å²) in [5.41, 5.74) is 2.19. The summed E-state index contributed by atoms with van der Waals surface area (Å²) in [7, 11) is 1.63. The summed E-state index contributed by atoms with van der Waals surface area (Å²) in [5.74, 6) is 0.444. The number of carbonyl (C=O) groups is 1. The molecule has 26 heavy (non-hydrogen) atoms. The number of hydrogen-bond acceptors (Lipinski definition) is 4. The van der Waals surface area contributed by atoms with E-state index in [4.69, 9.17) is 9.47 Å². The highest BCUT2D eigenvalue weighted by atomic mass is 16.5. The Kier molecular flexibility index (Phi) is 6.12. The molecular weight excluding hydrogens is 330 g/mol. The first-order valence-electron chi connectivity index (χ1n) is 8.94. The Morgan fingerprint density at radius 2 is 1.96 bits per heavy atom. The van der Waals surface area contributed by atoms with Crippen LogP contribution in [0.2, 0.25) is 0 Å². The molecule has 3 rings (SSSR count). The molecule has 1 saturated heterocycles. The van der Waals surface area contributed by atoms with Crippen LogP contribution in [0.4, 0.5) is 0 Å². The molecule has 0 aliphatic carbocycles. The number of hydrogen-bond donors (Lipinski definition) is 1. The summed E-state index contributed by atoms with van der Waals surface area (Å²) in [4.78, 5) is 13.4. The first-order valence-corrected chi connectivity index (χ1v) is 8.94. The van der Waals surface area contributed by atoms with E-state index in [1.807, 2.05) is 48.5 Å². The lowest BCUT2D eigenvalue weighted by molar-refractivity contribution is -0.143. The highest BCUT2D eigenvalue weighted by molar-refractivity contribution is 5.70. The van der Waals surface area contributed by atoms with Crippen LogP contribution in [0.3, 0.4) is 0 Å². The van der Waals surface area contributed by atoms with Gasteiger partial charge in [-0.1, -0.05) is 36.4 Å². The number of ether oxygens (including phenoxy) is 2. The number of nitrogens with zero attached hydrogens (tertiary/aromatic N) is 1. The number of carboxylic acids is 1. The summed E-state index contributed by atoms with van der Waals surface area (Å²) < 4.78 is 11.4. The molecule has 0 aromatic heterocycles. The van der Waals surface area contributed by atoms with Gasteiger partial charge in [0.15, 0.2) is 11.5 Å². The van der Waals surface area contributed by atoms with E-state index in [1.165, 1.54) is 0 Å². The number of carboxylic acid groups (broad SMARTS) is 1. The van der Waals surface area contributed by atoms with Crippen LogP contribution in [0.25, 0.3) is 0 Å². The average molecular weight is 355 g/mol. The van der Waals surface area contributed by atoms with Crippen LogP contribution in [-0.4, -0.2) is 36.2 Å². The zero-order valence-corrected chi connectivity index (χ0v) is 15.1. The maximum atomic E-state index is 11.2. The number of methoxy groups -OCH3 is 1. The molecule has 2 aromatic rings. The Morgan fingerprint density at radius 3 is 2.69 bits per heavy atom. The highest BCUT2D eigenvalue weighted by Crippen LogP contribution is 2.30. The van der Waals surface area contributed by atoms with Crippen molar-refractivity contribution in [3.05, 3.63) is 59.7 Å². The normalized spacial score (nSPS) is 17.7. The second-order valence-electron chi connectivity index (χ2n) is 6.67. The maximum absolute atomic E-state index is 11.2. The molecule has 1 fully saturated rings. The van der Waals surface area contributed by atoms with E-state index in [2.05, 4.69) is 4.90 Å². The van der Waals surface area contributed by atoms with Crippen molar-refractivity contribution >= 4 is 5.97 Å². The minimum Gasteiger partial charge on any atom is -0.493 e. The van der Waals surface area contributed by atoms with Crippen LogP contribution in [0.15, 0.2) is 48.5 Å². The molecule has 0 bridgehead atoms. The number of rotatable bonds is 7. The lowest BCUT2D eigenvalue weighted by Gasteiger charge is -2.30. The number of benzene rings is 2. The van der Waals surface area contributed by atoms with Crippen LogP contribution >= 0.6 is 0 Å². The van der Waals surface area contributed by atoms with Crippen LogP contribution in [0.5, 0.6) is 11.5 Å². The largest absolute Gasteiger partial charge is 0.493 e. The Bertz CT molecular complexity index is 732. The van der Waals surface area contributed by atoms with Gasteiger partial charge in [-0.2, -0.15) is 0 Å². The van der Waals surface area contributed by atoms with E-state index in [0.29, 0.717) is 24.7 Å². The van der Waals surface area contributed by atoms with Gasteiger partial charge >= 0.3 is 5.97 Å². The molecular formula is C21H25NO4. The van der Waals surface area contributed by atoms with Crippen molar-refractivity contribution in [1.29, 1.82) is 0 Å². The number of likely N-dealkylation sites (tertiary alicyclic amines) is 1. The predicted molar refractivity (Wildman–Crippen MR) is 99.4 cm³/mol. The molecule has 1 aliphatic heterocycles. The molecule has 5 heteroatoms. The van der Waals surface area contributed by atoms with Gasteiger partial charge in [-0.15, -0.1) is 0 Å². The summed E-state index contributed by atoms with van der Waals surface area (Å²) in [6.07, 6.45) is 1.68. The molecule has 1 heterocycles. The van der Waals surface area contributed by atoms with Gasteiger partial charge in [0, 0.05) is 13.1 Å². The topological polar surface area (TPSA) is 59.0 Å². The highest BCUT2D eigenvalue weighted by Gasteiger charge is 2.25. The average Bonchev–Trinajstić information content (AvgIpc) is 2.67. The minimum atomic E-state index is -0.698. The Morgan fingerprint density at radius 1 is 1.15 bits per heavy atom. The van der Waals surface area contributed by atoms with Crippen LogP contribution in [-0.2, 0) is 17.9 Å². The lowest BCUT2D eigenvalue weighted by Crippen LogP contribution is -2.38. The van der Waals surface area contributed by atoms with Crippen LogP contribution < -0.4 is 9.47 Å². The van der Waals surface area contributed by atoms with Gasteiger partial charge in [0.05, 0.1) is 13.0 Å². The smallest absolute Gasteiger partial charge is 0.307 e. The third-order valence-electron chi connectivity index (χ3n) is 4.73. The molecule has 1 unspecified atom stereocenters. The fraction of sp³-hybridized carbons (Fsp3) is 0.381. The molecule has 0 spiro atoms. The molecule has 0 saturated carbocycles. The van der Waals surface area contributed by atoms with Gasteiger partial charge in [0.1, 0.15) is 6.61 Å². The first kappa shape index (κ1) is 18.3. The van der Waals surface area contributed by atoms with Crippen LogP contribution in [0, 0.1) is 5.92 Å². The van der Waals surface area contributed by atoms with Crippen molar-refractivity contribution in [2.24, 2.45) is 5.92 Å². The molecule has 5 nitrogen and oxygen atoms in total. The Balaban J connectivity index is 1.67. The second kappa shape index (κ2) is 8.72. The van der Waals surface area contributed by atoms with Gasteiger partial charge < -0.3 is 14.6 Å². The molecule has 1 atom stereocenters. The van der Waals surface area contributed by atoms with Crippen molar-refractivity contribution in [3.8, 4) is 11.5 Å². The molecule has 1 N–H and O–H groups in total. The van der Waals surface area contributed by atoms with Gasteiger partial charge in [0.25, 0.3) is 0 Å². The summed E-state index contributed by atoms with van der Waals surface area (Å²) in [5, 5.41) is 9.25. The van der Waals surface area contributed by atoms with Crippen LogP contribution in [0.1, 0.15) is 24.0 Å². The predicted octanol–water partition coefficient (Wildman–Crippen LogP) is 3.57. The van der Waals surface area contributed by atoms with E-state index in [1.54, 1.807) is 7.11 Å². The minimum absolute atomic E-state index is 0.268. The SMILES string of the molecule is COc1ccc(CN2CCCC(C(=O)O)C2)cc1OCc1ccccc1. The fourth-order valence-corrected chi connectivity index (χ4v) is 3.33. The zero-order valence-electron chi connectivity index (χ0n) is 15.1. The molecule has 0 amide bonds. The van der Waals surface area contributed by atoms with E-state index in [0.717, 1.165) is 37.1 Å². The monoisotopic (exact) mass is 355 g/mol. The van der Waals surface area contributed by atoms with E-state index in [9.17, 15) is 9.90 Å².